The van der Waals surface area contributed by atoms with Gasteiger partial charge in [0.2, 0.25) is 5.91 Å². The van der Waals surface area contributed by atoms with Gasteiger partial charge in [-0.05, 0) is 38.0 Å². The summed E-state index contributed by atoms with van der Waals surface area (Å²) in [5.74, 6) is -0.424. The minimum atomic E-state index is -0.724. The molecule has 0 heterocycles. The molecule has 130 valence electrons. The molecule has 2 rings (SSSR count). The molecule has 2 aromatic carbocycles. The summed E-state index contributed by atoms with van der Waals surface area (Å²) in [5, 5.41) is 24.7. The molecule has 0 bridgehead atoms. The fraction of sp³-hybridized carbons (Fsp3) is 0.235. The SMILES string of the molecule is Cc1cc(C)c(NC(=O)Cc2ccc([N+](=O)[O-])cc2[N+](=O)[O-])c(C)c1. The van der Waals surface area contributed by atoms with Crippen molar-refractivity contribution in [1.82, 2.24) is 0 Å². The number of benzene rings is 2. The fourth-order valence-corrected chi connectivity index (χ4v) is 2.72. The number of carbonyl (C=O) groups excluding carboxylic acids is 1. The van der Waals surface area contributed by atoms with Gasteiger partial charge in [-0.15, -0.1) is 0 Å². The molecule has 0 fully saturated rings. The quantitative estimate of drug-likeness (QED) is 0.657. The molecular formula is C17H17N3O5. The summed E-state index contributed by atoms with van der Waals surface area (Å²) in [7, 11) is 0. The van der Waals surface area contributed by atoms with E-state index in [-0.39, 0.29) is 17.7 Å². The highest BCUT2D eigenvalue weighted by Crippen LogP contribution is 2.26. The Morgan fingerprint density at radius 1 is 1.00 bits per heavy atom. The third kappa shape index (κ3) is 4.17. The monoisotopic (exact) mass is 343 g/mol. The number of anilines is 1. The molecule has 0 aromatic heterocycles. The number of nitro benzene ring substituents is 2. The van der Waals surface area contributed by atoms with Crippen molar-refractivity contribution in [3.8, 4) is 0 Å². The van der Waals surface area contributed by atoms with Crippen molar-refractivity contribution in [2.24, 2.45) is 0 Å². The zero-order valence-corrected chi connectivity index (χ0v) is 14.0. The van der Waals surface area contributed by atoms with E-state index in [4.69, 9.17) is 0 Å². The van der Waals surface area contributed by atoms with Gasteiger partial charge in [-0.25, -0.2) is 0 Å². The highest BCUT2D eigenvalue weighted by Gasteiger charge is 2.21. The maximum Gasteiger partial charge on any atom is 0.279 e. The number of nitrogens with zero attached hydrogens (tertiary/aromatic N) is 2. The normalized spacial score (nSPS) is 10.4. The van der Waals surface area contributed by atoms with Crippen molar-refractivity contribution in [1.29, 1.82) is 0 Å². The van der Waals surface area contributed by atoms with Crippen LogP contribution in [-0.2, 0) is 11.2 Å². The number of rotatable bonds is 5. The predicted molar refractivity (Wildman–Crippen MR) is 92.7 cm³/mol. The van der Waals surface area contributed by atoms with Gasteiger partial charge in [0.15, 0.2) is 0 Å². The Morgan fingerprint density at radius 3 is 2.12 bits per heavy atom. The van der Waals surface area contributed by atoms with Crippen LogP contribution in [0.15, 0.2) is 30.3 Å². The van der Waals surface area contributed by atoms with Gasteiger partial charge >= 0.3 is 0 Å². The maximum absolute atomic E-state index is 12.3. The first-order chi connectivity index (χ1) is 11.7. The molecule has 0 spiro atoms. The lowest BCUT2D eigenvalue weighted by molar-refractivity contribution is -0.394. The zero-order chi connectivity index (χ0) is 18.7. The smallest absolute Gasteiger partial charge is 0.279 e. The topological polar surface area (TPSA) is 115 Å². The molecule has 0 saturated heterocycles. The van der Waals surface area contributed by atoms with Crippen LogP contribution >= 0.6 is 0 Å². The number of amides is 1. The van der Waals surface area contributed by atoms with Crippen LogP contribution in [-0.4, -0.2) is 15.8 Å². The van der Waals surface area contributed by atoms with Crippen molar-refractivity contribution in [3.63, 3.8) is 0 Å². The molecular weight excluding hydrogens is 326 g/mol. The third-order valence-electron chi connectivity index (χ3n) is 3.77. The molecule has 0 aliphatic carbocycles. The van der Waals surface area contributed by atoms with Gasteiger partial charge in [-0.2, -0.15) is 0 Å². The molecule has 0 saturated carbocycles. The van der Waals surface area contributed by atoms with Gasteiger partial charge in [0.05, 0.1) is 22.3 Å². The van der Waals surface area contributed by atoms with Crippen LogP contribution in [0.4, 0.5) is 17.1 Å². The Balaban J connectivity index is 2.27. The molecule has 1 amide bonds. The van der Waals surface area contributed by atoms with E-state index < -0.39 is 21.4 Å². The first-order valence-electron chi connectivity index (χ1n) is 7.48. The highest BCUT2D eigenvalue weighted by molar-refractivity contribution is 5.94. The summed E-state index contributed by atoms with van der Waals surface area (Å²) in [6, 6.07) is 7.11. The summed E-state index contributed by atoms with van der Waals surface area (Å²) < 4.78 is 0. The highest BCUT2D eigenvalue weighted by atomic mass is 16.6. The second kappa shape index (κ2) is 7.08. The van der Waals surface area contributed by atoms with Crippen molar-refractivity contribution < 1.29 is 14.6 Å². The van der Waals surface area contributed by atoms with Crippen molar-refractivity contribution in [2.75, 3.05) is 5.32 Å². The van der Waals surface area contributed by atoms with Crippen molar-refractivity contribution in [3.05, 3.63) is 72.8 Å². The van der Waals surface area contributed by atoms with E-state index in [0.29, 0.717) is 5.69 Å². The average Bonchev–Trinajstić information content (AvgIpc) is 2.50. The van der Waals surface area contributed by atoms with Crippen LogP contribution in [0, 0.1) is 41.0 Å². The van der Waals surface area contributed by atoms with Crippen molar-refractivity contribution in [2.45, 2.75) is 27.2 Å². The van der Waals surface area contributed by atoms with Crippen LogP contribution in [0.3, 0.4) is 0 Å². The first-order valence-corrected chi connectivity index (χ1v) is 7.48. The standard InChI is InChI=1S/C17H17N3O5/c1-10-6-11(2)17(12(3)7-10)18-16(21)8-13-4-5-14(19(22)23)9-15(13)20(24)25/h4-7,9H,8H2,1-3H3,(H,18,21). The molecule has 0 atom stereocenters. The minimum Gasteiger partial charge on any atom is -0.325 e. The fourth-order valence-electron chi connectivity index (χ4n) is 2.72. The number of hydrogen-bond donors (Lipinski definition) is 1. The molecule has 0 unspecified atom stereocenters. The molecule has 0 aliphatic heterocycles. The summed E-state index contributed by atoms with van der Waals surface area (Å²) >= 11 is 0. The number of hydrogen-bond acceptors (Lipinski definition) is 5. The van der Waals surface area contributed by atoms with Crippen LogP contribution in [0.1, 0.15) is 22.3 Å². The number of nitro groups is 2. The lowest BCUT2D eigenvalue weighted by Gasteiger charge is -2.13. The zero-order valence-electron chi connectivity index (χ0n) is 14.0. The Hall–Kier alpha value is -3.29. The van der Waals surface area contributed by atoms with E-state index in [9.17, 15) is 25.0 Å². The Morgan fingerprint density at radius 2 is 1.60 bits per heavy atom. The van der Waals surface area contributed by atoms with Gasteiger partial charge in [0.1, 0.15) is 0 Å². The first kappa shape index (κ1) is 18.1. The van der Waals surface area contributed by atoms with E-state index in [1.807, 2.05) is 32.9 Å². The lowest BCUT2D eigenvalue weighted by atomic mass is 10.0. The van der Waals surface area contributed by atoms with Crippen LogP contribution in [0.25, 0.3) is 0 Å². The Bertz CT molecular complexity index is 854. The lowest BCUT2D eigenvalue weighted by Crippen LogP contribution is -2.17. The minimum absolute atomic E-state index is 0.121. The molecule has 8 heteroatoms. The van der Waals surface area contributed by atoms with Crippen LogP contribution < -0.4 is 5.32 Å². The largest absolute Gasteiger partial charge is 0.325 e. The average molecular weight is 343 g/mol. The van der Waals surface area contributed by atoms with Gasteiger partial charge < -0.3 is 5.32 Å². The molecule has 25 heavy (non-hydrogen) atoms. The third-order valence-corrected chi connectivity index (χ3v) is 3.77. The summed E-state index contributed by atoms with van der Waals surface area (Å²) in [4.78, 5) is 32.8. The van der Waals surface area contributed by atoms with Gasteiger partial charge in [-0.3, -0.25) is 25.0 Å². The van der Waals surface area contributed by atoms with Gasteiger partial charge in [-0.1, -0.05) is 17.7 Å². The molecule has 0 aliphatic rings. The predicted octanol–water partition coefficient (Wildman–Crippen LogP) is 3.61. The maximum atomic E-state index is 12.3. The van der Waals surface area contributed by atoms with E-state index in [1.165, 1.54) is 6.07 Å². The molecule has 0 radical (unpaired) electrons. The summed E-state index contributed by atoms with van der Waals surface area (Å²) in [6.07, 6.45) is -0.249. The summed E-state index contributed by atoms with van der Waals surface area (Å²) in [6.45, 7) is 5.68. The van der Waals surface area contributed by atoms with Crippen molar-refractivity contribution >= 4 is 23.0 Å². The Labute approximate surface area is 143 Å². The molecule has 2 aromatic rings. The van der Waals surface area contributed by atoms with E-state index in [2.05, 4.69) is 5.32 Å². The summed E-state index contributed by atoms with van der Waals surface area (Å²) in [5.41, 5.74) is 2.81. The Kier molecular flexibility index (Phi) is 5.11. The molecule has 8 nitrogen and oxygen atoms in total. The van der Waals surface area contributed by atoms with Crippen LogP contribution in [0.2, 0.25) is 0 Å². The number of non-ortho nitro benzene ring substituents is 1. The van der Waals surface area contributed by atoms with Gasteiger partial charge in [0, 0.05) is 17.3 Å². The van der Waals surface area contributed by atoms with Gasteiger partial charge in [0.25, 0.3) is 11.4 Å². The second-order valence-corrected chi connectivity index (χ2v) is 5.83. The van der Waals surface area contributed by atoms with E-state index >= 15 is 0 Å². The number of carbonyl (C=O) groups is 1. The number of aryl methyl sites for hydroxylation is 3. The second-order valence-electron chi connectivity index (χ2n) is 5.83. The number of nitrogens with one attached hydrogen (secondary N) is 1. The molecule has 1 N–H and O–H groups in total. The van der Waals surface area contributed by atoms with E-state index in [0.717, 1.165) is 28.8 Å². The van der Waals surface area contributed by atoms with Crippen LogP contribution in [0.5, 0.6) is 0 Å². The van der Waals surface area contributed by atoms with E-state index in [1.54, 1.807) is 0 Å².